The van der Waals surface area contributed by atoms with Crippen LogP contribution in [0.5, 0.6) is 5.75 Å². The van der Waals surface area contributed by atoms with E-state index in [4.69, 9.17) is 10.5 Å². The van der Waals surface area contributed by atoms with Gasteiger partial charge in [-0.2, -0.15) is 13.2 Å². The molecule has 0 saturated carbocycles. The molecule has 0 bridgehead atoms. The summed E-state index contributed by atoms with van der Waals surface area (Å²) in [6.45, 7) is 5.43. The van der Waals surface area contributed by atoms with E-state index >= 15 is 0 Å². The second kappa shape index (κ2) is 6.48. The fourth-order valence-electron chi connectivity index (χ4n) is 1.70. The Kier molecular flexibility index (Phi) is 5.45. The van der Waals surface area contributed by atoms with Crippen LogP contribution in [-0.2, 0) is 5.41 Å². The van der Waals surface area contributed by atoms with E-state index in [9.17, 15) is 13.2 Å². The zero-order valence-electron chi connectivity index (χ0n) is 12.1. The molecule has 1 aromatic carbocycles. The average molecular weight is 289 g/mol. The molecule has 0 aliphatic heterocycles. The van der Waals surface area contributed by atoms with Crippen molar-refractivity contribution in [1.29, 1.82) is 0 Å². The van der Waals surface area contributed by atoms with Crippen LogP contribution in [0.4, 0.5) is 13.2 Å². The summed E-state index contributed by atoms with van der Waals surface area (Å²) >= 11 is 0. The van der Waals surface area contributed by atoms with E-state index in [0.717, 1.165) is 12.0 Å². The molecular weight excluding hydrogens is 267 g/mol. The van der Waals surface area contributed by atoms with Crippen LogP contribution >= 0.6 is 0 Å². The Balaban J connectivity index is 2.67. The molecule has 2 nitrogen and oxygen atoms in total. The quantitative estimate of drug-likeness (QED) is 0.862. The van der Waals surface area contributed by atoms with Crippen LogP contribution in [0.1, 0.15) is 32.8 Å². The van der Waals surface area contributed by atoms with Crippen molar-refractivity contribution < 1.29 is 17.9 Å². The molecule has 0 aromatic heterocycles. The summed E-state index contributed by atoms with van der Waals surface area (Å²) in [5.74, 6) is -1.20. The topological polar surface area (TPSA) is 35.2 Å². The highest BCUT2D eigenvalue weighted by Crippen LogP contribution is 2.29. The summed E-state index contributed by atoms with van der Waals surface area (Å²) in [6.07, 6.45) is -3.34. The van der Waals surface area contributed by atoms with Crippen LogP contribution in [0.25, 0.3) is 0 Å². The molecule has 0 heterocycles. The Morgan fingerprint density at radius 3 is 2.10 bits per heavy atom. The number of rotatable bonds is 6. The van der Waals surface area contributed by atoms with Gasteiger partial charge in [0.15, 0.2) is 0 Å². The first-order valence-electron chi connectivity index (χ1n) is 6.71. The van der Waals surface area contributed by atoms with Crippen molar-refractivity contribution in [2.24, 2.45) is 11.7 Å². The lowest BCUT2D eigenvalue weighted by Crippen LogP contribution is -2.35. The number of hydrogen-bond acceptors (Lipinski definition) is 2. The lowest BCUT2D eigenvalue weighted by molar-refractivity contribution is -0.178. The monoisotopic (exact) mass is 289 g/mol. The normalized spacial score (nSPS) is 14.2. The summed E-state index contributed by atoms with van der Waals surface area (Å²) in [5.41, 5.74) is 6.31. The van der Waals surface area contributed by atoms with Crippen molar-refractivity contribution in [2.45, 2.75) is 38.8 Å². The second-order valence-electron chi connectivity index (χ2n) is 5.55. The van der Waals surface area contributed by atoms with Crippen LogP contribution in [0.15, 0.2) is 24.3 Å². The van der Waals surface area contributed by atoms with Crippen molar-refractivity contribution in [1.82, 2.24) is 0 Å². The molecule has 1 rings (SSSR count). The van der Waals surface area contributed by atoms with E-state index < -0.39 is 25.2 Å². The van der Waals surface area contributed by atoms with Crippen LogP contribution in [0.3, 0.4) is 0 Å². The molecule has 0 spiro atoms. The third-order valence-electron chi connectivity index (χ3n) is 3.72. The van der Waals surface area contributed by atoms with Gasteiger partial charge in [0.05, 0.1) is 0 Å². The van der Waals surface area contributed by atoms with Gasteiger partial charge in [0.25, 0.3) is 0 Å². The highest BCUT2D eigenvalue weighted by Gasteiger charge is 2.39. The average Bonchev–Trinajstić information content (AvgIpc) is 2.38. The minimum atomic E-state index is -4.32. The van der Waals surface area contributed by atoms with Crippen molar-refractivity contribution >= 4 is 0 Å². The van der Waals surface area contributed by atoms with Gasteiger partial charge in [0.1, 0.15) is 18.3 Å². The summed E-state index contributed by atoms with van der Waals surface area (Å²) in [7, 11) is 0. The number of hydrogen-bond donors (Lipinski definition) is 1. The van der Waals surface area contributed by atoms with Crippen LogP contribution in [-0.4, -0.2) is 19.3 Å². The van der Waals surface area contributed by atoms with E-state index in [1.54, 1.807) is 12.1 Å². The maximum Gasteiger partial charge on any atom is 0.396 e. The first-order valence-corrected chi connectivity index (χ1v) is 6.71. The van der Waals surface area contributed by atoms with Gasteiger partial charge in [-0.25, -0.2) is 0 Å². The SMILES string of the molecule is CCC(C)(C)c1ccc(OCC(CN)C(F)(F)F)cc1. The first-order chi connectivity index (χ1) is 9.20. The van der Waals surface area contributed by atoms with Crippen molar-refractivity contribution in [2.75, 3.05) is 13.2 Å². The summed E-state index contributed by atoms with van der Waals surface area (Å²) < 4.78 is 42.8. The minimum absolute atomic E-state index is 0.0459. The fraction of sp³-hybridized carbons (Fsp3) is 0.600. The number of ether oxygens (including phenoxy) is 1. The number of benzene rings is 1. The van der Waals surface area contributed by atoms with Gasteiger partial charge in [0.2, 0.25) is 0 Å². The molecule has 2 N–H and O–H groups in total. The molecule has 0 amide bonds. The minimum Gasteiger partial charge on any atom is -0.493 e. The molecule has 0 fully saturated rings. The predicted molar refractivity (Wildman–Crippen MR) is 73.9 cm³/mol. The van der Waals surface area contributed by atoms with E-state index in [1.165, 1.54) is 0 Å². The number of nitrogens with two attached hydrogens (primary N) is 1. The molecule has 1 aromatic rings. The van der Waals surface area contributed by atoms with Gasteiger partial charge < -0.3 is 10.5 Å². The van der Waals surface area contributed by atoms with Gasteiger partial charge in [-0.05, 0) is 29.5 Å². The van der Waals surface area contributed by atoms with Crippen LogP contribution in [0, 0.1) is 5.92 Å². The van der Waals surface area contributed by atoms with Crippen LogP contribution < -0.4 is 10.5 Å². The Labute approximate surface area is 118 Å². The lowest BCUT2D eigenvalue weighted by Gasteiger charge is -2.23. The van der Waals surface area contributed by atoms with Gasteiger partial charge in [-0.3, -0.25) is 0 Å². The third-order valence-corrected chi connectivity index (χ3v) is 3.72. The predicted octanol–water partition coefficient (Wildman–Crippen LogP) is 3.89. The largest absolute Gasteiger partial charge is 0.493 e. The van der Waals surface area contributed by atoms with E-state index in [-0.39, 0.29) is 5.41 Å². The Bertz CT molecular complexity index is 412. The van der Waals surface area contributed by atoms with E-state index in [2.05, 4.69) is 20.8 Å². The summed E-state index contributed by atoms with van der Waals surface area (Å²) in [6, 6.07) is 7.20. The third kappa shape index (κ3) is 4.40. The maximum atomic E-state index is 12.5. The standard InChI is InChI=1S/C15H22F3NO/c1-4-14(2,3)11-5-7-13(8-6-11)20-10-12(9-19)15(16,17)18/h5-8,12H,4,9-10,19H2,1-3H3. The molecule has 1 atom stereocenters. The van der Waals surface area contributed by atoms with Crippen molar-refractivity contribution in [3.05, 3.63) is 29.8 Å². The maximum absolute atomic E-state index is 12.5. The molecule has 114 valence electrons. The Morgan fingerprint density at radius 2 is 1.70 bits per heavy atom. The fourth-order valence-corrected chi connectivity index (χ4v) is 1.70. The molecule has 0 radical (unpaired) electrons. The molecule has 0 aliphatic rings. The van der Waals surface area contributed by atoms with Crippen molar-refractivity contribution in [3.63, 3.8) is 0 Å². The first kappa shape index (κ1) is 16.8. The molecule has 20 heavy (non-hydrogen) atoms. The van der Waals surface area contributed by atoms with Crippen molar-refractivity contribution in [3.8, 4) is 5.75 Å². The van der Waals surface area contributed by atoms with Gasteiger partial charge in [0, 0.05) is 6.54 Å². The number of halogens is 3. The smallest absolute Gasteiger partial charge is 0.396 e. The Hall–Kier alpha value is -1.23. The van der Waals surface area contributed by atoms with E-state index in [1.807, 2.05) is 12.1 Å². The van der Waals surface area contributed by atoms with Gasteiger partial charge >= 0.3 is 6.18 Å². The lowest BCUT2D eigenvalue weighted by atomic mass is 9.82. The van der Waals surface area contributed by atoms with Gasteiger partial charge in [-0.1, -0.05) is 32.9 Å². The molecule has 0 saturated heterocycles. The molecule has 0 aliphatic carbocycles. The highest BCUT2D eigenvalue weighted by atomic mass is 19.4. The Morgan fingerprint density at radius 1 is 1.15 bits per heavy atom. The molecule has 1 unspecified atom stereocenters. The number of alkyl halides is 3. The van der Waals surface area contributed by atoms with Crippen LogP contribution in [0.2, 0.25) is 0 Å². The highest BCUT2D eigenvalue weighted by molar-refractivity contribution is 5.31. The summed E-state index contributed by atoms with van der Waals surface area (Å²) in [4.78, 5) is 0. The summed E-state index contributed by atoms with van der Waals surface area (Å²) in [5, 5.41) is 0. The zero-order chi connectivity index (χ0) is 15.4. The van der Waals surface area contributed by atoms with Gasteiger partial charge in [-0.15, -0.1) is 0 Å². The zero-order valence-corrected chi connectivity index (χ0v) is 12.1. The second-order valence-corrected chi connectivity index (χ2v) is 5.55. The van der Waals surface area contributed by atoms with E-state index in [0.29, 0.717) is 5.75 Å². The molecule has 5 heteroatoms. The molecular formula is C15H22F3NO.